The molecule has 1 N–H and O–H groups in total. The normalized spacial score (nSPS) is 12.8. The van der Waals surface area contributed by atoms with Gasteiger partial charge in [-0.05, 0) is 12.5 Å². The van der Waals surface area contributed by atoms with Gasteiger partial charge in [-0.25, -0.2) is 0 Å². The second-order valence-electron chi connectivity index (χ2n) is 3.04. The summed E-state index contributed by atoms with van der Waals surface area (Å²) in [6.45, 7) is 2.41. The zero-order valence-corrected chi connectivity index (χ0v) is 7.90. The molecule has 0 fully saturated rings. The Labute approximate surface area is 78.3 Å². The van der Waals surface area contributed by atoms with Crippen molar-refractivity contribution >= 4 is 0 Å². The Morgan fingerprint density at radius 2 is 2.46 bits per heavy atom. The Hall–Kier alpha value is -0.960. The molecule has 0 aliphatic rings. The Morgan fingerprint density at radius 3 is 3.08 bits per heavy atom. The quantitative estimate of drug-likeness (QED) is 0.737. The van der Waals surface area contributed by atoms with Crippen molar-refractivity contribution in [1.29, 1.82) is 0 Å². The molecule has 0 spiro atoms. The molecule has 0 aliphatic carbocycles. The van der Waals surface area contributed by atoms with E-state index in [1.165, 1.54) is 0 Å². The van der Waals surface area contributed by atoms with Gasteiger partial charge in [0.05, 0.1) is 12.4 Å². The number of hydrogen-bond acceptors (Lipinski definition) is 3. The van der Waals surface area contributed by atoms with E-state index in [1.54, 1.807) is 18.4 Å². The molecule has 0 saturated carbocycles. The van der Waals surface area contributed by atoms with E-state index in [9.17, 15) is 5.11 Å². The summed E-state index contributed by atoms with van der Waals surface area (Å²) < 4.78 is 10.1. The fourth-order valence-corrected chi connectivity index (χ4v) is 1.05. The van der Waals surface area contributed by atoms with Crippen molar-refractivity contribution in [1.82, 2.24) is 0 Å². The third-order valence-corrected chi connectivity index (χ3v) is 1.80. The van der Waals surface area contributed by atoms with Gasteiger partial charge in [-0.15, -0.1) is 0 Å². The predicted octanol–water partition coefficient (Wildman–Crippen LogP) is 2.21. The van der Waals surface area contributed by atoms with Gasteiger partial charge in [-0.2, -0.15) is 0 Å². The van der Waals surface area contributed by atoms with E-state index in [1.807, 2.05) is 0 Å². The first-order valence-corrected chi connectivity index (χ1v) is 4.67. The van der Waals surface area contributed by atoms with Gasteiger partial charge in [0.1, 0.15) is 6.61 Å². The lowest BCUT2D eigenvalue weighted by atomic mass is 10.2. The van der Waals surface area contributed by atoms with Crippen LogP contribution in [0.3, 0.4) is 0 Å². The van der Waals surface area contributed by atoms with E-state index >= 15 is 0 Å². The molecule has 0 radical (unpaired) electrons. The molecular formula is C10H16O3. The highest BCUT2D eigenvalue weighted by Gasteiger charge is 2.04. The van der Waals surface area contributed by atoms with Crippen LogP contribution in [-0.4, -0.2) is 17.8 Å². The van der Waals surface area contributed by atoms with E-state index in [4.69, 9.17) is 9.15 Å². The van der Waals surface area contributed by atoms with Crippen LogP contribution in [0.15, 0.2) is 22.8 Å². The summed E-state index contributed by atoms with van der Waals surface area (Å²) in [5, 5.41) is 9.41. The Kier molecular flexibility index (Phi) is 4.40. The molecule has 0 aliphatic heterocycles. The first kappa shape index (κ1) is 10.1. The van der Waals surface area contributed by atoms with Crippen LogP contribution < -0.4 is 4.74 Å². The zero-order valence-electron chi connectivity index (χ0n) is 7.90. The highest BCUT2D eigenvalue weighted by Crippen LogP contribution is 2.11. The summed E-state index contributed by atoms with van der Waals surface area (Å²) in [5.41, 5.74) is 0. The van der Waals surface area contributed by atoms with E-state index in [-0.39, 0.29) is 6.10 Å². The van der Waals surface area contributed by atoms with Gasteiger partial charge in [0, 0.05) is 6.07 Å². The number of aliphatic hydroxyl groups is 1. The van der Waals surface area contributed by atoms with Crippen LogP contribution in [0.4, 0.5) is 0 Å². The number of unbranched alkanes of at least 4 members (excludes halogenated alkanes) is 1. The molecule has 74 valence electrons. The van der Waals surface area contributed by atoms with Crippen LogP contribution in [0.25, 0.3) is 0 Å². The van der Waals surface area contributed by atoms with Crippen LogP contribution in [-0.2, 0) is 0 Å². The van der Waals surface area contributed by atoms with Crippen LogP contribution in [0.5, 0.6) is 5.95 Å². The molecule has 1 heterocycles. The standard InChI is InChI=1S/C10H16O3/c1-2-3-5-9(11)8-13-10-6-4-7-12-10/h4,6-7,9,11H,2-3,5,8H2,1H3. The highest BCUT2D eigenvalue weighted by molar-refractivity contribution is 5.03. The highest BCUT2D eigenvalue weighted by atomic mass is 16.6. The van der Waals surface area contributed by atoms with Crippen molar-refractivity contribution < 1.29 is 14.3 Å². The van der Waals surface area contributed by atoms with Crippen molar-refractivity contribution in [2.45, 2.75) is 32.3 Å². The molecule has 1 atom stereocenters. The van der Waals surface area contributed by atoms with Gasteiger partial charge in [-0.1, -0.05) is 19.8 Å². The second kappa shape index (κ2) is 5.65. The molecule has 3 nitrogen and oxygen atoms in total. The molecule has 1 rings (SSSR count). The number of furan rings is 1. The van der Waals surface area contributed by atoms with Gasteiger partial charge in [0.2, 0.25) is 0 Å². The lowest BCUT2D eigenvalue weighted by molar-refractivity contribution is 0.0846. The van der Waals surface area contributed by atoms with Gasteiger partial charge < -0.3 is 14.3 Å². The number of aliphatic hydroxyl groups excluding tert-OH is 1. The van der Waals surface area contributed by atoms with E-state index in [2.05, 4.69) is 6.92 Å². The number of hydrogen-bond donors (Lipinski definition) is 1. The smallest absolute Gasteiger partial charge is 0.284 e. The molecule has 13 heavy (non-hydrogen) atoms. The van der Waals surface area contributed by atoms with Crippen LogP contribution in [0.1, 0.15) is 26.2 Å². The number of ether oxygens (including phenoxy) is 1. The molecule has 1 unspecified atom stereocenters. The summed E-state index contributed by atoms with van der Waals surface area (Å²) in [7, 11) is 0. The van der Waals surface area contributed by atoms with Crippen molar-refractivity contribution in [3.8, 4) is 5.95 Å². The summed E-state index contributed by atoms with van der Waals surface area (Å²) in [6, 6.07) is 3.49. The largest absolute Gasteiger partial charge is 0.462 e. The molecule has 3 heteroatoms. The first-order valence-electron chi connectivity index (χ1n) is 4.67. The molecular weight excluding hydrogens is 168 g/mol. The van der Waals surface area contributed by atoms with Crippen molar-refractivity contribution in [3.05, 3.63) is 18.4 Å². The summed E-state index contributed by atoms with van der Waals surface area (Å²) in [6.07, 6.45) is 4.08. The lowest BCUT2D eigenvalue weighted by Gasteiger charge is -2.09. The third-order valence-electron chi connectivity index (χ3n) is 1.80. The minimum absolute atomic E-state index is 0.313. The first-order chi connectivity index (χ1) is 6.33. The van der Waals surface area contributed by atoms with Gasteiger partial charge >= 0.3 is 0 Å². The van der Waals surface area contributed by atoms with Crippen LogP contribution in [0.2, 0.25) is 0 Å². The number of rotatable bonds is 6. The fourth-order valence-electron chi connectivity index (χ4n) is 1.05. The van der Waals surface area contributed by atoms with E-state index < -0.39 is 0 Å². The average Bonchev–Trinajstić information content (AvgIpc) is 2.64. The van der Waals surface area contributed by atoms with Crippen molar-refractivity contribution in [3.63, 3.8) is 0 Å². The van der Waals surface area contributed by atoms with Crippen LogP contribution >= 0.6 is 0 Å². The van der Waals surface area contributed by atoms with Crippen LogP contribution in [0, 0.1) is 0 Å². The van der Waals surface area contributed by atoms with Crippen molar-refractivity contribution in [2.75, 3.05) is 6.61 Å². The molecule has 1 aromatic rings. The minimum atomic E-state index is -0.384. The third kappa shape index (κ3) is 3.99. The fraction of sp³-hybridized carbons (Fsp3) is 0.600. The van der Waals surface area contributed by atoms with Gasteiger partial charge in [0.15, 0.2) is 0 Å². The molecule has 1 aromatic heterocycles. The molecule has 0 aromatic carbocycles. The average molecular weight is 184 g/mol. The monoisotopic (exact) mass is 184 g/mol. The van der Waals surface area contributed by atoms with E-state index in [0.29, 0.717) is 12.6 Å². The Bertz CT molecular complexity index is 206. The maximum absolute atomic E-state index is 9.41. The minimum Gasteiger partial charge on any atom is -0.462 e. The molecule has 0 saturated heterocycles. The Morgan fingerprint density at radius 1 is 1.62 bits per heavy atom. The summed E-state index contributed by atoms with van der Waals surface area (Å²) in [5.74, 6) is 0.468. The lowest BCUT2D eigenvalue weighted by Crippen LogP contribution is -2.16. The van der Waals surface area contributed by atoms with Gasteiger partial charge in [0.25, 0.3) is 5.95 Å². The summed E-state index contributed by atoms with van der Waals surface area (Å²) in [4.78, 5) is 0. The summed E-state index contributed by atoms with van der Waals surface area (Å²) >= 11 is 0. The topological polar surface area (TPSA) is 42.6 Å². The SMILES string of the molecule is CCCCC(O)COc1ccco1. The zero-order chi connectivity index (χ0) is 9.52. The van der Waals surface area contributed by atoms with E-state index in [0.717, 1.165) is 19.3 Å². The molecule has 0 bridgehead atoms. The van der Waals surface area contributed by atoms with Gasteiger partial charge in [-0.3, -0.25) is 0 Å². The maximum atomic E-state index is 9.41. The Balaban J connectivity index is 2.11. The maximum Gasteiger partial charge on any atom is 0.284 e. The predicted molar refractivity (Wildman–Crippen MR) is 49.7 cm³/mol. The van der Waals surface area contributed by atoms with Crippen molar-refractivity contribution in [2.24, 2.45) is 0 Å². The second-order valence-corrected chi connectivity index (χ2v) is 3.04. The molecule has 0 amide bonds.